The van der Waals surface area contributed by atoms with Gasteiger partial charge in [-0.3, -0.25) is 24.0 Å². The van der Waals surface area contributed by atoms with Crippen molar-refractivity contribution in [3.63, 3.8) is 0 Å². The zero-order valence-electron chi connectivity index (χ0n) is 19.8. The molecule has 4 aliphatic carbocycles. The second-order valence-electron chi connectivity index (χ2n) is 10.5. The van der Waals surface area contributed by atoms with Crippen molar-refractivity contribution in [1.29, 1.82) is 0 Å². The van der Waals surface area contributed by atoms with Gasteiger partial charge in [0, 0.05) is 33.6 Å². The molecule has 6 heteroatoms. The minimum atomic E-state index is -1.85. The molecule has 1 aromatic carbocycles. The van der Waals surface area contributed by atoms with Crippen LogP contribution in [-0.2, 0) is 14.4 Å². The topological polar surface area (TPSA) is 106 Å². The minimum Gasteiger partial charge on any atom is -0.384 e. The summed E-state index contributed by atoms with van der Waals surface area (Å²) in [5.74, 6) is -3.70. The molecule has 5 atom stereocenters. The van der Waals surface area contributed by atoms with Crippen LogP contribution < -0.4 is 0 Å². The summed E-state index contributed by atoms with van der Waals surface area (Å²) in [6, 6.07) is 6.56. The summed E-state index contributed by atoms with van der Waals surface area (Å²) in [6.07, 6.45) is 2.57. The highest BCUT2D eigenvalue weighted by atomic mass is 16.3. The molecule has 1 fully saturated rings. The van der Waals surface area contributed by atoms with Gasteiger partial charge in [0.2, 0.25) is 0 Å². The number of allylic oxidation sites excluding steroid dienone is 5. The van der Waals surface area contributed by atoms with Gasteiger partial charge in [-0.15, -0.1) is 0 Å². The first-order chi connectivity index (χ1) is 15.8. The smallest absolute Gasteiger partial charge is 0.190 e. The Morgan fingerprint density at radius 3 is 2.06 bits per heavy atom. The van der Waals surface area contributed by atoms with Crippen molar-refractivity contribution in [2.24, 2.45) is 22.7 Å². The van der Waals surface area contributed by atoms with E-state index in [2.05, 4.69) is 0 Å². The number of hydrogen-bond acceptors (Lipinski definition) is 6. The average Bonchev–Trinajstić information content (AvgIpc) is 2.91. The molecule has 2 bridgehead atoms. The van der Waals surface area contributed by atoms with E-state index in [9.17, 15) is 29.1 Å². The van der Waals surface area contributed by atoms with E-state index < -0.39 is 28.3 Å². The highest BCUT2D eigenvalue weighted by Crippen LogP contribution is 2.70. The molecule has 174 valence electrons. The fraction of sp³-hybridized carbons (Fsp3) is 0.393. The van der Waals surface area contributed by atoms with E-state index in [1.807, 2.05) is 0 Å². The molecule has 0 heterocycles. The largest absolute Gasteiger partial charge is 0.384 e. The molecular weight excluding hydrogens is 432 g/mol. The lowest BCUT2D eigenvalue weighted by atomic mass is 9.59. The number of benzene rings is 1. The van der Waals surface area contributed by atoms with E-state index in [1.165, 1.54) is 19.1 Å². The molecule has 0 aromatic heterocycles. The minimum absolute atomic E-state index is 0.0983. The first kappa shape index (κ1) is 22.5. The van der Waals surface area contributed by atoms with Gasteiger partial charge in [0.05, 0.1) is 11.3 Å². The molecule has 0 aliphatic heterocycles. The average molecular weight is 459 g/mol. The van der Waals surface area contributed by atoms with E-state index in [0.29, 0.717) is 5.56 Å². The second-order valence-corrected chi connectivity index (χ2v) is 10.5. The van der Waals surface area contributed by atoms with Gasteiger partial charge in [-0.25, -0.2) is 0 Å². The Kier molecular flexibility index (Phi) is 4.42. The maximum absolute atomic E-state index is 13.6. The Bertz CT molecular complexity index is 1360. The van der Waals surface area contributed by atoms with Crippen molar-refractivity contribution in [2.45, 2.75) is 46.6 Å². The Morgan fingerprint density at radius 2 is 1.44 bits per heavy atom. The van der Waals surface area contributed by atoms with Crippen LogP contribution in [0.4, 0.5) is 0 Å². The molecule has 1 unspecified atom stereocenters. The number of aliphatic hydroxyl groups is 1. The monoisotopic (exact) mass is 458 g/mol. The van der Waals surface area contributed by atoms with Gasteiger partial charge in [0.1, 0.15) is 5.60 Å². The number of fused-ring (bicyclic) bond motifs is 6. The molecule has 34 heavy (non-hydrogen) atoms. The molecule has 1 saturated carbocycles. The number of rotatable bonds is 2. The summed E-state index contributed by atoms with van der Waals surface area (Å²) >= 11 is 0. The number of carbonyl (C=O) groups is 5. The van der Waals surface area contributed by atoms with Crippen LogP contribution in [0, 0.1) is 22.7 Å². The van der Waals surface area contributed by atoms with Crippen LogP contribution >= 0.6 is 0 Å². The van der Waals surface area contributed by atoms with Crippen LogP contribution in [0.15, 0.2) is 58.7 Å². The lowest BCUT2D eigenvalue weighted by Gasteiger charge is -2.44. The van der Waals surface area contributed by atoms with Crippen LogP contribution in [0.1, 0.15) is 61.8 Å². The molecule has 6 nitrogen and oxygen atoms in total. The maximum atomic E-state index is 13.6. The molecular formula is C28H26O6. The molecule has 0 amide bonds. The van der Waals surface area contributed by atoms with Crippen molar-refractivity contribution in [2.75, 3.05) is 0 Å². The Balaban J connectivity index is 1.73. The zero-order chi connectivity index (χ0) is 25.0. The fourth-order valence-electron chi connectivity index (χ4n) is 7.24. The normalized spacial score (nSPS) is 36.9. The van der Waals surface area contributed by atoms with Crippen molar-refractivity contribution in [3.8, 4) is 0 Å². The van der Waals surface area contributed by atoms with Gasteiger partial charge in [-0.1, -0.05) is 31.2 Å². The van der Waals surface area contributed by atoms with E-state index >= 15 is 0 Å². The third-order valence-electron chi connectivity index (χ3n) is 8.91. The Hall–Kier alpha value is -3.25. The number of carbonyl (C=O) groups excluding carboxylic acids is 5. The van der Waals surface area contributed by atoms with Gasteiger partial charge < -0.3 is 5.11 Å². The van der Waals surface area contributed by atoms with E-state index in [0.717, 1.165) is 0 Å². The molecule has 0 radical (unpaired) electrons. The first-order valence-corrected chi connectivity index (χ1v) is 11.4. The zero-order valence-corrected chi connectivity index (χ0v) is 19.8. The quantitative estimate of drug-likeness (QED) is 0.728. The molecule has 0 saturated heterocycles. The highest BCUT2D eigenvalue weighted by molar-refractivity contribution is 6.27. The number of hydrogen-bond donors (Lipinski definition) is 1. The Labute approximate surface area is 197 Å². The predicted octanol–water partition coefficient (Wildman–Crippen LogP) is 3.39. The van der Waals surface area contributed by atoms with Crippen LogP contribution in [-0.4, -0.2) is 39.6 Å². The lowest BCUT2D eigenvalue weighted by molar-refractivity contribution is -0.147. The molecule has 4 aliphatic rings. The third kappa shape index (κ3) is 2.32. The molecule has 1 aromatic rings. The second kappa shape index (κ2) is 6.66. The van der Waals surface area contributed by atoms with Gasteiger partial charge in [-0.05, 0) is 57.4 Å². The maximum Gasteiger partial charge on any atom is 0.190 e. The van der Waals surface area contributed by atoms with Gasteiger partial charge in [-0.2, -0.15) is 0 Å². The standard InChI is InChI=1S/C28H26O6/c1-13-10-19(29)23-26(4)20(28(34,12-14(2)24(26)32)27(23,5)25(13)33)11-18-15(3)21(30)16-8-6-7-9-17(16)22(18)31/h6-10,12,20,23,34H,11H2,1-5H3/t20?,23-,26-,27+,28-/m0/s1. The van der Waals surface area contributed by atoms with Crippen molar-refractivity contribution >= 4 is 28.9 Å². The summed E-state index contributed by atoms with van der Waals surface area (Å²) in [4.78, 5) is 67.0. The lowest BCUT2D eigenvalue weighted by Crippen LogP contribution is -2.55. The van der Waals surface area contributed by atoms with Gasteiger partial charge in [0.15, 0.2) is 28.9 Å². The molecule has 0 spiro atoms. The predicted molar refractivity (Wildman–Crippen MR) is 123 cm³/mol. The fourth-order valence-corrected chi connectivity index (χ4v) is 7.24. The van der Waals surface area contributed by atoms with E-state index in [1.54, 1.807) is 52.0 Å². The summed E-state index contributed by atoms with van der Waals surface area (Å²) in [7, 11) is 0. The SMILES string of the molecule is CC1=C[C@]2(O)C(CC3=C(C)C(=O)c4ccccc4C3=O)[C@](C)(C1=O)[C@@H]1C(=O)C=C(C)C(=O)[C@@]12C. The summed E-state index contributed by atoms with van der Waals surface area (Å²) in [6.45, 7) is 7.86. The van der Waals surface area contributed by atoms with Crippen LogP contribution in [0.25, 0.3) is 0 Å². The van der Waals surface area contributed by atoms with Crippen molar-refractivity contribution in [1.82, 2.24) is 0 Å². The van der Waals surface area contributed by atoms with E-state index in [4.69, 9.17) is 0 Å². The number of Topliss-reactive ketones (excluding diaryl/α,β-unsaturated/α-hetero) is 4. The summed E-state index contributed by atoms with van der Waals surface area (Å²) in [5.41, 5.74) is -3.23. The van der Waals surface area contributed by atoms with Crippen LogP contribution in [0.5, 0.6) is 0 Å². The summed E-state index contributed by atoms with van der Waals surface area (Å²) < 4.78 is 0. The number of ketones is 5. The first-order valence-electron chi connectivity index (χ1n) is 11.4. The van der Waals surface area contributed by atoms with Gasteiger partial charge in [0.25, 0.3) is 0 Å². The Morgan fingerprint density at radius 1 is 0.853 bits per heavy atom. The summed E-state index contributed by atoms with van der Waals surface area (Å²) in [5, 5.41) is 12.2. The van der Waals surface area contributed by atoms with Crippen LogP contribution in [0.3, 0.4) is 0 Å². The third-order valence-corrected chi connectivity index (χ3v) is 8.91. The van der Waals surface area contributed by atoms with Crippen LogP contribution in [0.2, 0.25) is 0 Å². The molecule has 5 rings (SSSR count). The molecule has 1 N–H and O–H groups in total. The highest BCUT2D eigenvalue weighted by Gasteiger charge is 2.79. The van der Waals surface area contributed by atoms with Gasteiger partial charge >= 0.3 is 0 Å². The van der Waals surface area contributed by atoms with Crippen molar-refractivity contribution in [3.05, 3.63) is 69.8 Å². The van der Waals surface area contributed by atoms with Crippen molar-refractivity contribution < 1.29 is 29.1 Å². The van der Waals surface area contributed by atoms with E-state index in [-0.39, 0.29) is 63.2 Å².